The van der Waals surface area contributed by atoms with E-state index in [4.69, 9.17) is 13.3 Å². The second-order valence-corrected chi connectivity index (χ2v) is 1.62. The molecule has 0 bridgehead atoms. The average molecular weight is 132 g/mol. The quantitative estimate of drug-likeness (QED) is 0.401. The van der Waals surface area contributed by atoms with Gasteiger partial charge in [0.2, 0.25) is 0 Å². The van der Waals surface area contributed by atoms with E-state index in [9.17, 15) is 0 Å². The number of hydrogen-bond acceptors (Lipinski definition) is 3. The van der Waals surface area contributed by atoms with E-state index in [-0.39, 0.29) is 0 Å². The van der Waals surface area contributed by atoms with E-state index >= 15 is 0 Å². The second-order valence-electron chi connectivity index (χ2n) is 1.39. The topological polar surface area (TPSA) is 27.7 Å². The van der Waals surface area contributed by atoms with E-state index in [1.807, 2.05) is 0 Å². The predicted molar refractivity (Wildman–Crippen MR) is 29.3 cm³/mol. The molecule has 0 radical (unpaired) electrons. The minimum atomic E-state index is -0.912. The van der Waals surface area contributed by atoms with Gasteiger partial charge >= 0.3 is 57.0 Å². The zero-order valence-corrected chi connectivity index (χ0v) is 6.46. The third-order valence-corrected chi connectivity index (χ3v) is 1.38. The summed E-state index contributed by atoms with van der Waals surface area (Å²) in [5.74, 6) is -0.912. The summed E-state index contributed by atoms with van der Waals surface area (Å²) in [6.45, 7) is 1.67. The van der Waals surface area contributed by atoms with Crippen LogP contribution in [0.4, 0.5) is 0 Å². The van der Waals surface area contributed by atoms with Gasteiger partial charge in [-0.1, -0.05) is 0 Å². The van der Waals surface area contributed by atoms with Crippen LogP contribution >= 0.6 is 0 Å². The van der Waals surface area contributed by atoms with Crippen LogP contribution in [0, 0.1) is 0 Å². The second kappa shape index (κ2) is 3.44. The van der Waals surface area contributed by atoms with Crippen molar-refractivity contribution in [1.82, 2.24) is 0 Å². The molecular weight excluding hydrogens is 123 g/mol. The molecule has 0 fully saturated rings. The molecule has 3 nitrogen and oxygen atoms in total. The van der Waals surface area contributed by atoms with Crippen molar-refractivity contribution in [3.05, 3.63) is 0 Å². The van der Waals surface area contributed by atoms with E-state index in [2.05, 4.69) is 16.6 Å². The van der Waals surface area contributed by atoms with Gasteiger partial charge in [0.25, 0.3) is 0 Å². The van der Waals surface area contributed by atoms with Crippen molar-refractivity contribution in [1.29, 1.82) is 0 Å². The molecule has 0 aliphatic carbocycles. The van der Waals surface area contributed by atoms with Crippen LogP contribution in [0.1, 0.15) is 6.92 Å². The van der Waals surface area contributed by atoms with E-state index in [0.717, 1.165) is 0 Å². The van der Waals surface area contributed by atoms with Crippen LogP contribution in [0.25, 0.3) is 0 Å². The molecule has 44 valence electrons. The molecule has 0 aliphatic heterocycles. The Morgan fingerprint density at radius 2 is 1.62 bits per heavy atom. The molecule has 0 aromatic rings. The van der Waals surface area contributed by atoms with E-state index in [0.29, 0.717) is 0 Å². The molecule has 0 saturated carbocycles. The van der Waals surface area contributed by atoms with Crippen molar-refractivity contribution in [2.75, 3.05) is 14.2 Å². The van der Waals surface area contributed by atoms with Crippen LogP contribution in [0.5, 0.6) is 0 Å². The summed E-state index contributed by atoms with van der Waals surface area (Å²) >= 11 is 2.06. The summed E-state index contributed by atoms with van der Waals surface area (Å²) in [4.78, 5) is 0. The van der Waals surface area contributed by atoms with Crippen LogP contribution in [0.2, 0.25) is 0 Å². The molecule has 0 rings (SSSR count). The van der Waals surface area contributed by atoms with Crippen molar-refractivity contribution >= 4 is 16.6 Å². The molecule has 8 heavy (non-hydrogen) atoms. The monoisotopic (exact) mass is 132 g/mol. The third kappa shape index (κ3) is 2.12. The molecule has 0 saturated heterocycles. The number of rotatable bonds is 3. The standard InChI is InChI=1S/C4H9O3.Al/c1-4(5,6-2)7-3;/h1-3H3;/q-1;+3. The van der Waals surface area contributed by atoms with Crippen LogP contribution in [0.15, 0.2) is 0 Å². The van der Waals surface area contributed by atoms with Gasteiger partial charge in [-0.2, -0.15) is 0 Å². The first-order valence-electron chi connectivity index (χ1n) is 2.16. The fourth-order valence-corrected chi connectivity index (χ4v) is 0.372. The van der Waals surface area contributed by atoms with Gasteiger partial charge in [-0.3, -0.25) is 0 Å². The molecule has 0 atom stereocenters. The average Bonchev–Trinajstić information content (AvgIpc) is 1.87. The van der Waals surface area contributed by atoms with Gasteiger partial charge in [0.15, 0.2) is 0 Å². The van der Waals surface area contributed by atoms with Gasteiger partial charge in [0.05, 0.1) is 0 Å². The molecule has 0 aromatic heterocycles. The van der Waals surface area contributed by atoms with Gasteiger partial charge in [0.1, 0.15) is 0 Å². The molecule has 0 aliphatic rings. The van der Waals surface area contributed by atoms with Crippen LogP contribution in [0.3, 0.4) is 0 Å². The number of ether oxygens (including phenoxy) is 2. The molecule has 0 heterocycles. The van der Waals surface area contributed by atoms with Crippen molar-refractivity contribution in [2.45, 2.75) is 12.9 Å². The first-order chi connectivity index (χ1) is 3.68. The van der Waals surface area contributed by atoms with Gasteiger partial charge in [-0.25, -0.2) is 0 Å². The third-order valence-electron chi connectivity index (χ3n) is 0.956. The Kier molecular flexibility index (Phi) is 3.62. The Hall–Kier alpha value is 0.412. The normalized spacial score (nSPS) is 12.1. The van der Waals surface area contributed by atoms with Gasteiger partial charge in [0, 0.05) is 0 Å². The van der Waals surface area contributed by atoms with Crippen molar-refractivity contribution in [3.8, 4) is 0 Å². The Labute approximate surface area is 57.7 Å². The number of methoxy groups -OCH3 is 2. The fourth-order valence-electron chi connectivity index (χ4n) is 0.180. The van der Waals surface area contributed by atoms with Gasteiger partial charge in [-0.15, -0.1) is 0 Å². The zero-order chi connectivity index (χ0) is 6.62. The number of hydrogen-bond donors (Lipinski definition) is 0. The fraction of sp³-hybridized carbons (Fsp3) is 1.00. The first-order valence-corrected chi connectivity index (χ1v) is 2.64. The Bertz CT molecular complexity index is 54.0. The summed E-state index contributed by atoms with van der Waals surface area (Å²) in [6.07, 6.45) is 0. The molecule has 0 spiro atoms. The van der Waals surface area contributed by atoms with Crippen LogP contribution in [-0.2, 0) is 13.3 Å². The minimum absolute atomic E-state index is 0.912. The summed E-state index contributed by atoms with van der Waals surface area (Å²) in [6, 6.07) is 0. The molecule has 0 N–H and O–H groups in total. The summed E-state index contributed by atoms with van der Waals surface area (Å²) < 4.78 is 14.3. The summed E-state index contributed by atoms with van der Waals surface area (Å²) in [7, 11) is 3.02. The van der Waals surface area contributed by atoms with Crippen LogP contribution in [-0.4, -0.2) is 36.8 Å². The molecule has 0 unspecified atom stereocenters. The Morgan fingerprint density at radius 3 is 1.62 bits per heavy atom. The van der Waals surface area contributed by atoms with Gasteiger partial charge < -0.3 is 0 Å². The van der Waals surface area contributed by atoms with Gasteiger partial charge in [-0.05, 0) is 0 Å². The SMILES string of the molecule is COC(C)(OC)[O][Al+2]. The Morgan fingerprint density at radius 1 is 1.25 bits per heavy atom. The Balaban J connectivity index is 3.58. The molecular formula is C4H9AlO3+2. The zero-order valence-electron chi connectivity index (χ0n) is 5.30. The molecule has 4 heteroatoms. The van der Waals surface area contributed by atoms with E-state index in [1.165, 1.54) is 14.2 Å². The summed E-state index contributed by atoms with van der Waals surface area (Å²) in [5.41, 5.74) is 0. The summed E-state index contributed by atoms with van der Waals surface area (Å²) in [5, 5.41) is 0. The predicted octanol–water partition coefficient (Wildman–Crippen LogP) is 0.0530. The van der Waals surface area contributed by atoms with E-state index < -0.39 is 5.97 Å². The van der Waals surface area contributed by atoms with Crippen LogP contribution < -0.4 is 0 Å². The maximum absolute atomic E-state index is 4.77. The van der Waals surface area contributed by atoms with Crippen molar-refractivity contribution in [3.63, 3.8) is 0 Å². The van der Waals surface area contributed by atoms with Crippen molar-refractivity contribution in [2.24, 2.45) is 0 Å². The maximum atomic E-state index is 4.77. The van der Waals surface area contributed by atoms with Crippen molar-refractivity contribution < 1.29 is 13.3 Å². The first kappa shape index (κ1) is 8.41. The molecule has 0 aromatic carbocycles. The molecule has 0 amide bonds. The van der Waals surface area contributed by atoms with E-state index in [1.54, 1.807) is 6.92 Å².